The van der Waals surface area contributed by atoms with Crippen LogP contribution in [0.3, 0.4) is 0 Å². The number of rotatable bonds is 5. The molecule has 1 saturated heterocycles. The summed E-state index contributed by atoms with van der Waals surface area (Å²) in [6.45, 7) is 3.75. The molecule has 2 fully saturated rings. The molecule has 1 aromatic heterocycles. The molecular weight excluding hydrogens is 328 g/mol. The quantitative estimate of drug-likeness (QED) is 0.897. The van der Waals surface area contributed by atoms with E-state index < -0.39 is 0 Å². The smallest absolute Gasteiger partial charge is 0.227 e. The molecule has 1 aromatic carbocycles. The second-order valence-electron chi connectivity index (χ2n) is 6.84. The molecule has 136 valence electrons. The van der Waals surface area contributed by atoms with Crippen molar-refractivity contribution in [3.63, 3.8) is 0 Å². The van der Waals surface area contributed by atoms with Crippen LogP contribution < -0.4 is 19.9 Å². The van der Waals surface area contributed by atoms with Gasteiger partial charge in [-0.05, 0) is 49.2 Å². The molecule has 0 spiro atoms. The predicted molar refractivity (Wildman–Crippen MR) is 103 cm³/mol. The molecule has 0 atom stereocenters. The summed E-state index contributed by atoms with van der Waals surface area (Å²) < 4.78 is 5.22. The average molecular weight is 352 g/mol. The van der Waals surface area contributed by atoms with E-state index in [2.05, 4.69) is 32.2 Å². The maximum absolute atomic E-state index is 11.8. The summed E-state index contributed by atoms with van der Waals surface area (Å²) in [4.78, 5) is 21.0. The molecule has 0 bridgehead atoms. The Hall–Kier alpha value is -2.76. The zero-order chi connectivity index (χ0) is 17.9. The molecule has 6 nitrogen and oxygen atoms in total. The zero-order valence-corrected chi connectivity index (χ0v) is 15.0. The van der Waals surface area contributed by atoms with Crippen LogP contribution in [0.15, 0.2) is 42.6 Å². The van der Waals surface area contributed by atoms with Crippen LogP contribution in [0.25, 0.3) is 0 Å². The summed E-state index contributed by atoms with van der Waals surface area (Å²) in [6.07, 6.45) is 3.77. The van der Waals surface area contributed by atoms with Gasteiger partial charge in [0, 0.05) is 37.8 Å². The van der Waals surface area contributed by atoms with Crippen molar-refractivity contribution in [2.24, 2.45) is 5.92 Å². The van der Waals surface area contributed by atoms with Gasteiger partial charge >= 0.3 is 0 Å². The molecule has 1 saturated carbocycles. The average Bonchev–Trinajstić information content (AvgIpc) is 3.54. The number of pyridine rings is 1. The summed E-state index contributed by atoms with van der Waals surface area (Å²) in [6, 6.07) is 12.1. The molecule has 1 amide bonds. The first-order valence-electron chi connectivity index (χ1n) is 9.14. The highest BCUT2D eigenvalue weighted by Gasteiger charge is 2.29. The summed E-state index contributed by atoms with van der Waals surface area (Å²) in [5.74, 6) is 2.17. The standard InChI is InChI=1S/C20H24N4O2/c1-26-18-7-5-17(6-8-18)23-10-12-24(13-11-23)19-9-4-16(14-21-19)22-20(25)15-2-3-15/h4-9,14-15H,2-3,10-13H2,1H3,(H,22,25). The van der Waals surface area contributed by atoms with Crippen molar-refractivity contribution in [1.82, 2.24) is 4.98 Å². The SMILES string of the molecule is COc1ccc(N2CCN(c3ccc(NC(=O)C4CC4)cn3)CC2)cc1. The third-order valence-corrected chi connectivity index (χ3v) is 5.00. The Balaban J connectivity index is 1.32. The zero-order valence-electron chi connectivity index (χ0n) is 15.0. The fourth-order valence-corrected chi connectivity index (χ4v) is 3.22. The van der Waals surface area contributed by atoms with Crippen LogP contribution in [-0.2, 0) is 4.79 Å². The van der Waals surface area contributed by atoms with Crippen molar-refractivity contribution in [2.45, 2.75) is 12.8 Å². The first-order valence-corrected chi connectivity index (χ1v) is 9.14. The number of methoxy groups -OCH3 is 1. The minimum atomic E-state index is 0.118. The van der Waals surface area contributed by atoms with Gasteiger partial charge in [0.25, 0.3) is 0 Å². The van der Waals surface area contributed by atoms with Gasteiger partial charge in [0.1, 0.15) is 11.6 Å². The lowest BCUT2D eigenvalue weighted by Crippen LogP contribution is -2.46. The number of piperazine rings is 1. The topological polar surface area (TPSA) is 57.7 Å². The van der Waals surface area contributed by atoms with Crippen LogP contribution in [-0.4, -0.2) is 44.2 Å². The second-order valence-corrected chi connectivity index (χ2v) is 6.84. The molecule has 1 aliphatic carbocycles. The molecule has 2 heterocycles. The molecule has 1 aliphatic heterocycles. The van der Waals surface area contributed by atoms with Gasteiger partial charge in [0.15, 0.2) is 0 Å². The summed E-state index contributed by atoms with van der Waals surface area (Å²) in [5, 5.41) is 2.93. The lowest BCUT2D eigenvalue weighted by Gasteiger charge is -2.36. The number of nitrogens with zero attached hydrogens (tertiary/aromatic N) is 3. The summed E-state index contributed by atoms with van der Waals surface area (Å²) in [7, 11) is 1.68. The number of amides is 1. The highest BCUT2D eigenvalue weighted by molar-refractivity contribution is 5.93. The minimum Gasteiger partial charge on any atom is -0.497 e. The van der Waals surface area contributed by atoms with Gasteiger partial charge in [-0.2, -0.15) is 0 Å². The number of hydrogen-bond donors (Lipinski definition) is 1. The Labute approximate surface area is 153 Å². The van der Waals surface area contributed by atoms with Gasteiger partial charge in [0.05, 0.1) is 19.0 Å². The van der Waals surface area contributed by atoms with E-state index in [0.717, 1.165) is 56.3 Å². The Morgan fingerprint density at radius 1 is 1.04 bits per heavy atom. The van der Waals surface area contributed by atoms with Crippen molar-refractivity contribution >= 4 is 23.1 Å². The number of ether oxygens (including phenoxy) is 1. The third-order valence-electron chi connectivity index (χ3n) is 5.00. The molecule has 1 N–H and O–H groups in total. The highest BCUT2D eigenvalue weighted by Crippen LogP contribution is 2.30. The lowest BCUT2D eigenvalue weighted by molar-refractivity contribution is -0.117. The van der Waals surface area contributed by atoms with Crippen LogP contribution in [0.4, 0.5) is 17.2 Å². The van der Waals surface area contributed by atoms with E-state index in [1.165, 1.54) is 5.69 Å². The van der Waals surface area contributed by atoms with E-state index in [4.69, 9.17) is 4.74 Å². The van der Waals surface area contributed by atoms with Crippen LogP contribution in [0.1, 0.15) is 12.8 Å². The van der Waals surface area contributed by atoms with Crippen molar-refractivity contribution in [2.75, 3.05) is 48.4 Å². The number of nitrogens with one attached hydrogen (secondary N) is 1. The highest BCUT2D eigenvalue weighted by atomic mass is 16.5. The Bertz CT molecular complexity index is 748. The number of carbonyl (C=O) groups excluding carboxylic acids is 1. The normalized spacial score (nSPS) is 17.1. The number of hydrogen-bond acceptors (Lipinski definition) is 5. The van der Waals surface area contributed by atoms with Gasteiger partial charge in [-0.3, -0.25) is 4.79 Å². The third kappa shape index (κ3) is 3.74. The van der Waals surface area contributed by atoms with E-state index >= 15 is 0 Å². The Morgan fingerprint density at radius 2 is 1.73 bits per heavy atom. The van der Waals surface area contributed by atoms with Crippen LogP contribution >= 0.6 is 0 Å². The summed E-state index contributed by atoms with van der Waals surface area (Å²) >= 11 is 0. The van der Waals surface area contributed by atoms with Crippen LogP contribution in [0.2, 0.25) is 0 Å². The van der Waals surface area contributed by atoms with Crippen molar-refractivity contribution in [1.29, 1.82) is 0 Å². The maximum Gasteiger partial charge on any atom is 0.227 e. The molecular formula is C20H24N4O2. The number of benzene rings is 1. The van der Waals surface area contributed by atoms with Gasteiger partial charge in [0.2, 0.25) is 5.91 Å². The maximum atomic E-state index is 11.8. The van der Waals surface area contributed by atoms with E-state index in [9.17, 15) is 4.79 Å². The molecule has 2 aliphatic rings. The minimum absolute atomic E-state index is 0.118. The van der Waals surface area contributed by atoms with E-state index in [0.29, 0.717) is 0 Å². The predicted octanol–water partition coefficient (Wildman–Crippen LogP) is 2.77. The van der Waals surface area contributed by atoms with Crippen molar-refractivity contribution < 1.29 is 9.53 Å². The molecule has 0 unspecified atom stereocenters. The van der Waals surface area contributed by atoms with Gasteiger partial charge in [-0.15, -0.1) is 0 Å². The molecule has 6 heteroatoms. The molecule has 2 aromatic rings. The number of anilines is 3. The molecule has 0 radical (unpaired) electrons. The summed E-state index contributed by atoms with van der Waals surface area (Å²) in [5.41, 5.74) is 2.00. The lowest BCUT2D eigenvalue weighted by atomic mass is 10.2. The monoisotopic (exact) mass is 352 g/mol. The van der Waals surface area contributed by atoms with E-state index in [1.807, 2.05) is 24.3 Å². The molecule has 4 rings (SSSR count). The van der Waals surface area contributed by atoms with Gasteiger partial charge < -0.3 is 19.9 Å². The fourth-order valence-electron chi connectivity index (χ4n) is 3.22. The van der Waals surface area contributed by atoms with Crippen molar-refractivity contribution in [3.05, 3.63) is 42.6 Å². The fraction of sp³-hybridized carbons (Fsp3) is 0.400. The van der Waals surface area contributed by atoms with Gasteiger partial charge in [-0.25, -0.2) is 4.98 Å². The Kier molecular flexibility index (Phi) is 4.65. The number of aromatic nitrogens is 1. The van der Waals surface area contributed by atoms with Crippen LogP contribution in [0, 0.1) is 5.92 Å². The second kappa shape index (κ2) is 7.23. The van der Waals surface area contributed by atoms with Gasteiger partial charge in [-0.1, -0.05) is 0 Å². The molecule has 26 heavy (non-hydrogen) atoms. The number of carbonyl (C=O) groups is 1. The largest absolute Gasteiger partial charge is 0.497 e. The van der Waals surface area contributed by atoms with Crippen molar-refractivity contribution in [3.8, 4) is 5.75 Å². The first kappa shape index (κ1) is 16.7. The van der Waals surface area contributed by atoms with Crippen LogP contribution in [0.5, 0.6) is 5.75 Å². The first-order chi connectivity index (χ1) is 12.7. The van der Waals surface area contributed by atoms with E-state index in [1.54, 1.807) is 13.3 Å². The van der Waals surface area contributed by atoms with E-state index in [-0.39, 0.29) is 11.8 Å². The Morgan fingerprint density at radius 3 is 2.31 bits per heavy atom.